The molecule has 1 aliphatic heterocycles. The van der Waals surface area contributed by atoms with Crippen molar-refractivity contribution in [3.8, 4) is 0 Å². The summed E-state index contributed by atoms with van der Waals surface area (Å²) in [5.74, 6) is 1.17. The van der Waals surface area contributed by atoms with Crippen LogP contribution in [0, 0.1) is 0 Å². The Balaban J connectivity index is 0.000000476. The summed E-state index contributed by atoms with van der Waals surface area (Å²) in [6.07, 6.45) is 10.5. The van der Waals surface area contributed by atoms with E-state index in [1.165, 1.54) is 32.7 Å². The molecular formula is C36H40HfSi. The molecule has 2 atom stereocenters. The van der Waals surface area contributed by atoms with Gasteiger partial charge >= 0.3 is 210 Å². The topological polar surface area (TPSA) is 0 Å². The van der Waals surface area contributed by atoms with Crippen molar-refractivity contribution in [2.24, 2.45) is 0 Å². The SMILES string of the molecule is C1CC[SiH2]C1.CCC1=Cc2c(ccc3ccccc23)C1[CH]([Hf][CH3])C1C(CC)=Cc2c1ccc1ccccc21. The van der Waals surface area contributed by atoms with Crippen molar-refractivity contribution in [3.63, 3.8) is 0 Å². The van der Waals surface area contributed by atoms with Crippen molar-refractivity contribution in [2.75, 3.05) is 0 Å². The van der Waals surface area contributed by atoms with Gasteiger partial charge < -0.3 is 0 Å². The first kappa shape index (κ1) is 26.2. The molecule has 0 nitrogen and oxygen atoms in total. The Bertz CT molecular complexity index is 1410. The first-order valence-electron chi connectivity index (χ1n) is 14.9. The van der Waals surface area contributed by atoms with Crippen LogP contribution in [0.25, 0.3) is 33.7 Å². The third-order valence-corrected chi connectivity index (χ3v) is 16.0. The molecule has 0 bridgehead atoms. The summed E-state index contributed by atoms with van der Waals surface area (Å²) in [7, 11) is 0.543. The van der Waals surface area contributed by atoms with E-state index in [0.29, 0.717) is 21.4 Å². The summed E-state index contributed by atoms with van der Waals surface area (Å²) in [4.78, 5) is 0. The van der Waals surface area contributed by atoms with E-state index in [1.54, 1.807) is 47.2 Å². The summed E-state index contributed by atoms with van der Waals surface area (Å²) < 4.78 is 3.37. The molecule has 0 saturated carbocycles. The Morgan fingerprint density at radius 3 is 1.55 bits per heavy atom. The summed E-state index contributed by atoms with van der Waals surface area (Å²) >= 11 is -0.861. The number of allylic oxidation sites excluding steroid dienone is 2. The fraction of sp³-hybridized carbons (Fsp3) is 0.333. The van der Waals surface area contributed by atoms with Crippen molar-refractivity contribution in [2.45, 2.75) is 71.8 Å². The van der Waals surface area contributed by atoms with Gasteiger partial charge in [0.2, 0.25) is 0 Å². The molecule has 1 heterocycles. The first-order chi connectivity index (χ1) is 18.7. The molecule has 0 aromatic heterocycles. The van der Waals surface area contributed by atoms with Gasteiger partial charge in [-0.25, -0.2) is 0 Å². The Morgan fingerprint density at radius 2 is 1.16 bits per heavy atom. The molecule has 1 saturated heterocycles. The molecule has 4 aromatic carbocycles. The minimum absolute atomic E-state index is 0.543. The zero-order chi connectivity index (χ0) is 26.1. The van der Waals surface area contributed by atoms with Gasteiger partial charge in [-0.3, -0.25) is 0 Å². The molecule has 0 amide bonds. The Morgan fingerprint density at radius 1 is 0.684 bits per heavy atom. The van der Waals surface area contributed by atoms with E-state index in [0.717, 1.165) is 16.5 Å². The van der Waals surface area contributed by atoms with Crippen LogP contribution in [0.4, 0.5) is 0 Å². The van der Waals surface area contributed by atoms with Gasteiger partial charge in [0.15, 0.2) is 0 Å². The van der Waals surface area contributed by atoms with Crippen LogP contribution in [0.5, 0.6) is 0 Å². The maximum atomic E-state index is 2.60. The second-order valence-corrected chi connectivity index (χ2v) is 17.9. The molecule has 0 spiro atoms. The van der Waals surface area contributed by atoms with Gasteiger partial charge in [-0.2, -0.15) is 0 Å². The van der Waals surface area contributed by atoms with Crippen LogP contribution in [0.3, 0.4) is 0 Å². The monoisotopic (exact) mass is 680 g/mol. The zero-order valence-corrected chi connectivity index (χ0v) is 28.3. The molecule has 0 radical (unpaired) electrons. The maximum absolute atomic E-state index is 2.60. The number of fused-ring (bicyclic) bond motifs is 6. The molecule has 3 aliphatic rings. The number of benzene rings is 4. The normalized spacial score (nSPS) is 20.4. The second kappa shape index (κ2) is 11.6. The van der Waals surface area contributed by atoms with Crippen molar-refractivity contribution in [1.82, 2.24) is 0 Å². The standard InChI is InChI=1S/C31H27.C4H10Si.CH3.Hf/c1-3-20-17-30-24-11-7-5-9-22(24)13-15-26(30)28(20)19-29-21(4-2)18-31-25-12-8-6-10-23(25)14-16-27(29)31;1-2-4-5-3-1;;/h5-19,28-29H,3-4H2,1-2H3;1-5H2;1H3;. The van der Waals surface area contributed by atoms with E-state index in [9.17, 15) is 0 Å². The fourth-order valence-corrected chi connectivity index (χ4v) is 14.3. The van der Waals surface area contributed by atoms with Gasteiger partial charge in [-0.1, -0.05) is 24.9 Å². The van der Waals surface area contributed by atoms with E-state index in [-0.39, 0.29) is 0 Å². The summed E-state index contributed by atoms with van der Waals surface area (Å²) in [6, 6.07) is 30.8. The first-order valence-corrected chi connectivity index (χ1v) is 22.5. The predicted octanol–water partition coefficient (Wildman–Crippen LogP) is 10.2. The fourth-order valence-electron chi connectivity index (χ4n) is 7.34. The Labute approximate surface area is 242 Å². The van der Waals surface area contributed by atoms with E-state index >= 15 is 0 Å². The van der Waals surface area contributed by atoms with Crippen LogP contribution in [0.15, 0.2) is 83.9 Å². The predicted molar refractivity (Wildman–Crippen MR) is 167 cm³/mol. The number of hydrogen-bond donors (Lipinski definition) is 0. The molecule has 2 aliphatic carbocycles. The average Bonchev–Trinajstić information content (AvgIpc) is 3.74. The van der Waals surface area contributed by atoms with Gasteiger partial charge in [-0.15, -0.1) is 0 Å². The molecule has 7 rings (SSSR count). The van der Waals surface area contributed by atoms with E-state index in [4.69, 9.17) is 0 Å². The van der Waals surface area contributed by atoms with Crippen molar-refractivity contribution in [1.29, 1.82) is 0 Å². The van der Waals surface area contributed by atoms with E-state index in [1.807, 2.05) is 0 Å². The molecule has 38 heavy (non-hydrogen) atoms. The second-order valence-electron chi connectivity index (χ2n) is 11.3. The van der Waals surface area contributed by atoms with Crippen LogP contribution in [-0.2, 0) is 22.9 Å². The summed E-state index contributed by atoms with van der Waals surface area (Å²) in [5, 5.41) is 5.59. The number of hydrogen-bond acceptors (Lipinski definition) is 0. The van der Waals surface area contributed by atoms with Gasteiger partial charge in [0, 0.05) is 9.52 Å². The van der Waals surface area contributed by atoms with Crippen LogP contribution in [0.1, 0.15) is 73.6 Å². The van der Waals surface area contributed by atoms with Gasteiger partial charge in [0.1, 0.15) is 0 Å². The Kier molecular flexibility index (Phi) is 8.00. The third kappa shape index (κ3) is 4.66. The Hall–Kier alpha value is -2.03. The molecule has 2 unspecified atom stereocenters. The molecule has 0 N–H and O–H groups in total. The van der Waals surface area contributed by atoms with Gasteiger partial charge in [0.05, 0.1) is 0 Å². The van der Waals surface area contributed by atoms with E-state index < -0.39 is 22.9 Å². The molecular weight excluding hydrogens is 639 g/mol. The summed E-state index contributed by atoms with van der Waals surface area (Å²) in [6.45, 7) is 4.72. The van der Waals surface area contributed by atoms with Crippen molar-refractivity contribution < 1.29 is 22.9 Å². The molecule has 1 fully saturated rings. The van der Waals surface area contributed by atoms with Gasteiger partial charge in [0.25, 0.3) is 0 Å². The number of rotatable bonds is 5. The molecule has 2 heteroatoms. The zero-order valence-electron chi connectivity index (χ0n) is 23.3. The molecule has 4 aromatic rings. The van der Waals surface area contributed by atoms with Crippen LogP contribution >= 0.6 is 0 Å². The average molecular weight is 679 g/mol. The van der Waals surface area contributed by atoms with Crippen LogP contribution < -0.4 is 0 Å². The molecule has 192 valence electrons. The van der Waals surface area contributed by atoms with Crippen molar-refractivity contribution >= 4 is 43.2 Å². The van der Waals surface area contributed by atoms with E-state index in [2.05, 4.69) is 103 Å². The third-order valence-electron chi connectivity index (χ3n) is 9.26. The van der Waals surface area contributed by atoms with Gasteiger partial charge in [-0.05, 0) is 0 Å². The van der Waals surface area contributed by atoms with Crippen molar-refractivity contribution in [3.05, 3.63) is 106 Å². The minimum atomic E-state index is -0.861. The van der Waals surface area contributed by atoms with Crippen LogP contribution in [0.2, 0.25) is 20.4 Å². The van der Waals surface area contributed by atoms with Crippen LogP contribution in [-0.4, -0.2) is 9.52 Å². The quantitative estimate of drug-likeness (QED) is 0.184. The summed E-state index contributed by atoms with van der Waals surface area (Å²) in [5.41, 5.74) is 9.49.